The first kappa shape index (κ1) is 16.9. The van der Waals surface area contributed by atoms with Gasteiger partial charge in [0.1, 0.15) is 0 Å². The van der Waals surface area contributed by atoms with E-state index in [1.807, 2.05) is 6.92 Å². The molecule has 0 amide bonds. The molecule has 1 aliphatic heterocycles. The highest BCUT2D eigenvalue weighted by molar-refractivity contribution is 7.89. The second kappa shape index (κ2) is 8.89. The highest BCUT2D eigenvalue weighted by atomic mass is 32.2. The second-order valence-corrected chi connectivity index (χ2v) is 7.17. The van der Waals surface area contributed by atoms with Crippen LogP contribution in [0.25, 0.3) is 0 Å². The molecule has 114 valence electrons. The van der Waals surface area contributed by atoms with Gasteiger partial charge in [0.15, 0.2) is 0 Å². The van der Waals surface area contributed by atoms with E-state index in [1.54, 1.807) is 0 Å². The van der Waals surface area contributed by atoms with Gasteiger partial charge in [-0.05, 0) is 52.1 Å². The molecule has 1 heterocycles. The quantitative estimate of drug-likeness (QED) is 0.628. The first-order valence-electron chi connectivity index (χ1n) is 7.36. The van der Waals surface area contributed by atoms with Gasteiger partial charge in [0, 0.05) is 12.6 Å². The Bertz CT molecular complexity index is 333. The fraction of sp³-hybridized carbons (Fsp3) is 1.00. The van der Waals surface area contributed by atoms with Gasteiger partial charge in [0.2, 0.25) is 10.0 Å². The fourth-order valence-corrected chi connectivity index (χ4v) is 3.69. The highest BCUT2D eigenvalue weighted by Gasteiger charge is 2.23. The molecule has 0 saturated carbocycles. The summed E-state index contributed by atoms with van der Waals surface area (Å²) < 4.78 is 32.1. The molecule has 1 fully saturated rings. The molecule has 0 aromatic carbocycles. The van der Waals surface area contributed by atoms with E-state index in [0.29, 0.717) is 13.0 Å². The van der Waals surface area contributed by atoms with E-state index in [2.05, 4.69) is 17.0 Å². The van der Waals surface area contributed by atoms with Crippen molar-refractivity contribution >= 4 is 10.0 Å². The molecule has 0 radical (unpaired) electrons. The molecular weight excluding hydrogens is 264 g/mol. The standard InChI is InChI=1S/C13H28N2O3S/c1-3-7-14-8-4-5-10-19(16,17)15-13-6-9-18-12(2)11-13/h12-15H,3-11H2,1-2H3. The lowest BCUT2D eigenvalue weighted by molar-refractivity contribution is 0.0173. The van der Waals surface area contributed by atoms with E-state index >= 15 is 0 Å². The molecule has 1 aliphatic rings. The second-order valence-electron chi connectivity index (χ2n) is 5.30. The molecule has 19 heavy (non-hydrogen) atoms. The summed E-state index contributed by atoms with van der Waals surface area (Å²) in [6.07, 6.45) is 4.44. The van der Waals surface area contributed by atoms with Crippen molar-refractivity contribution in [3.8, 4) is 0 Å². The number of hydrogen-bond acceptors (Lipinski definition) is 4. The maximum atomic E-state index is 11.9. The molecule has 5 nitrogen and oxygen atoms in total. The van der Waals surface area contributed by atoms with Crippen LogP contribution in [0.15, 0.2) is 0 Å². The van der Waals surface area contributed by atoms with Gasteiger partial charge in [0.05, 0.1) is 11.9 Å². The average Bonchev–Trinajstić information content (AvgIpc) is 2.33. The van der Waals surface area contributed by atoms with Crippen LogP contribution < -0.4 is 10.0 Å². The molecule has 0 aromatic rings. The van der Waals surface area contributed by atoms with Gasteiger partial charge >= 0.3 is 0 Å². The van der Waals surface area contributed by atoms with Crippen LogP contribution in [0.1, 0.15) is 46.0 Å². The maximum absolute atomic E-state index is 11.9. The van der Waals surface area contributed by atoms with Gasteiger partial charge in [-0.25, -0.2) is 13.1 Å². The lowest BCUT2D eigenvalue weighted by Crippen LogP contribution is -2.42. The summed E-state index contributed by atoms with van der Waals surface area (Å²) in [6, 6.07) is 0.0481. The molecule has 6 heteroatoms. The number of hydrogen-bond donors (Lipinski definition) is 2. The summed E-state index contributed by atoms with van der Waals surface area (Å²) in [4.78, 5) is 0. The minimum Gasteiger partial charge on any atom is -0.378 e. The fourth-order valence-electron chi connectivity index (χ4n) is 2.26. The summed E-state index contributed by atoms with van der Waals surface area (Å²) in [6.45, 7) is 6.66. The molecule has 0 aliphatic carbocycles. The monoisotopic (exact) mass is 292 g/mol. The van der Waals surface area contributed by atoms with Crippen LogP contribution in [0.4, 0.5) is 0 Å². The third kappa shape index (κ3) is 7.87. The van der Waals surface area contributed by atoms with Crippen molar-refractivity contribution in [3.05, 3.63) is 0 Å². The van der Waals surface area contributed by atoms with E-state index in [0.717, 1.165) is 38.8 Å². The van der Waals surface area contributed by atoms with E-state index in [9.17, 15) is 8.42 Å². The van der Waals surface area contributed by atoms with Crippen LogP contribution in [-0.2, 0) is 14.8 Å². The number of ether oxygens (including phenoxy) is 1. The molecule has 2 N–H and O–H groups in total. The largest absolute Gasteiger partial charge is 0.378 e. The molecule has 1 rings (SSSR count). The van der Waals surface area contributed by atoms with Crippen LogP contribution in [-0.4, -0.2) is 46.0 Å². The van der Waals surface area contributed by atoms with Crippen LogP contribution in [0, 0.1) is 0 Å². The van der Waals surface area contributed by atoms with Crippen molar-refractivity contribution < 1.29 is 13.2 Å². The molecule has 0 aromatic heterocycles. The summed E-state index contributed by atoms with van der Waals surface area (Å²) in [5, 5.41) is 3.28. The zero-order chi connectivity index (χ0) is 14.1. The Hall–Kier alpha value is -0.170. The molecular formula is C13H28N2O3S. The van der Waals surface area contributed by atoms with E-state index < -0.39 is 10.0 Å². The third-order valence-electron chi connectivity index (χ3n) is 3.27. The lowest BCUT2D eigenvalue weighted by Gasteiger charge is -2.27. The molecule has 0 bridgehead atoms. The van der Waals surface area contributed by atoms with Crippen LogP contribution >= 0.6 is 0 Å². The van der Waals surface area contributed by atoms with Gasteiger partial charge in [-0.1, -0.05) is 6.92 Å². The Balaban J connectivity index is 2.16. The van der Waals surface area contributed by atoms with Crippen molar-refractivity contribution in [3.63, 3.8) is 0 Å². The topological polar surface area (TPSA) is 67.4 Å². The number of nitrogens with one attached hydrogen (secondary N) is 2. The van der Waals surface area contributed by atoms with Gasteiger partial charge < -0.3 is 10.1 Å². The zero-order valence-corrected chi connectivity index (χ0v) is 13.0. The molecule has 2 atom stereocenters. The van der Waals surface area contributed by atoms with E-state index in [4.69, 9.17) is 4.74 Å². The Morgan fingerprint density at radius 1 is 1.26 bits per heavy atom. The van der Waals surface area contributed by atoms with Crippen LogP contribution in [0.2, 0.25) is 0 Å². The summed E-state index contributed by atoms with van der Waals surface area (Å²) >= 11 is 0. The summed E-state index contributed by atoms with van der Waals surface area (Å²) in [7, 11) is -3.13. The lowest BCUT2D eigenvalue weighted by atomic mass is 10.1. The van der Waals surface area contributed by atoms with Gasteiger partial charge in [0.25, 0.3) is 0 Å². The Morgan fingerprint density at radius 2 is 2.05 bits per heavy atom. The molecule has 0 spiro atoms. The van der Waals surface area contributed by atoms with Crippen molar-refractivity contribution in [2.75, 3.05) is 25.4 Å². The first-order chi connectivity index (χ1) is 9.03. The molecule has 1 saturated heterocycles. The van der Waals surface area contributed by atoms with Crippen LogP contribution in [0.3, 0.4) is 0 Å². The predicted molar refractivity (Wildman–Crippen MR) is 77.8 cm³/mol. The normalized spacial score (nSPS) is 24.5. The Kier molecular flexibility index (Phi) is 7.90. The van der Waals surface area contributed by atoms with Gasteiger partial charge in [-0.2, -0.15) is 0 Å². The van der Waals surface area contributed by atoms with Crippen molar-refractivity contribution in [2.45, 2.75) is 58.1 Å². The molecule has 2 unspecified atom stereocenters. The van der Waals surface area contributed by atoms with Gasteiger partial charge in [-0.15, -0.1) is 0 Å². The maximum Gasteiger partial charge on any atom is 0.211 e. The predicted octanol–water partition coefficient (Wildman–Crippen LogP) is 1.25. The van der Waals surface area contributed by atoms with Crippen molar-refractivity contribution in [2.24, 2.45) is 0 Å². The average molecular weight is 292 g/mol. The Labute approximate surface area is 117 Å². The summed E-state index contributed by atoms with van der Waals surface area (Å²) in [5.74, 6) is 0.229. The number of rotatable bonds is 9. The van der Waals surface area contributed by atoms with Crippen molar-refractivity contribution in [1.29, 1.82) is 0 Å². The smallest absolute Gasteiger partial charge is 0.211 e. The number of sulfonamides is 1. The minimum absolute atomic E-state index is 0.0481. The number of unbranched alkanes of at least 4 members (excludes halogenated alkanes) is 1. The van der Waals surface area contributed by atoms with E-state index in [-0.39, 0.29) is 17.9 Å². The third-order valence-corrected chi connectivity index (χ3v) is 4.79. The minimum atomic E-state index is -3.13. The van der Waals surface area contributed by atoms with Gasteiger partial charge in [-0.3, -0.25) is 0 Å². The van der Waals surface area contributed by atoms with E-state index in [1.165, 1.54) is 0 Å². The van der Waals surface area contributed by atoms with Crippen molar-refractivity contribution in [1.82, 2.24) is 10.0 Å². The summed E-state index contributed by atoms with van der Waals surface area (Å²) in [5.41, 5.74) is 0. The first-order valence-corrected chi connectivity index (χ1v) is 9.01. The SMILES string of the molecule is CCCNCCCCS(=O)(=O)NC1CCOC(C)C1. The highest BCUT2D eigenvalue weighted by Crippen LogP contribution is 2.14. The Morgan fingerprint density at radius 3 is 2.74 bits per heavy atom. The van der Waals surface area contributed by atoms with Crippen LogP contribution in [0.5, 0.6) is 0 Å². The zero-order valence-electron chi connectivity index (χ0n) is 12.2.